The van der Waals surface area contributed by atoms with Crippen LogP contribution in [0.15, 0.2) is 47.2 Å². The largest absolute Gasteiger partial charge is 0.292 e. The van der Waals surface area contributed by atoms with Crippen molar-refractivity contribution in [3.05, 3.63) is 63.9 Å². The highest BCUT2D eigenvalue weighted by molar-refractivity contribution is 9.10. The lowest BCUT2D eigenvalue weighted by atomic mass is 9.92. The van der Waals surface area contributed by atoms with Crippen LogP contribution in [0.25, 0.3) is 0 Å². The monoisotopic (exact) mass is 314 g/mol. The van der Waals surface area contributed by atoms with Gasteiger partial charge in [-0.05, 0) is 36.2 Å². The molecule has 0 aliphatic heterocycles. The minimum absolute atomic E-state index is 0.203. The van der Waals surface area contributed by atoms with E-state index in [-0.39, 0.29) is 5.78 Å². The molecular formula is C15H11BrN2O. The number of pyridine rings is 1. The Kier molecular flexibility index (Phi) is 4.08. The van der Waals surface area contributed by atoms with Gasteiger partial charge in [0, 0.05) is 22.4 Å². The predicted molar refractivity (Wildman–Crippen MR) is 75.8 cm³/mol. The van der Waals surface area contributed by atoms with E-state index >= 15 is 0 Å². The lowest BCUT2D eigenvalue weighted by Crippen LogP contribution is -2.11. The fraction of sp³-hybridized carbons (Fsp3) is 0.133. The molecule has 2 aromatic rings. The first-order valence-electron chi connectivity index (χ1n) is 5.73. The first kappa shape index (κ1) is 13.4. The number of hydrogen-bond donors (Lipinski definition) is 0. The SMILES string of the molecule is Cc1cc(C(=O)C(C#N)c2cccnc2)ccc1Br. The number of benzene rings is 1. The Morgan fingerprint density at radius 3 is 2.79 bits per heavy atom. The minimum atomic E-state index is -0.811. The number of Topliss-reactive ketones (excluding diaryl/α,β-unsaturated/α-hetero) is 1. The fourth-order valence-electron chi connectivity index (χ4n) is 1.80. The number of carbonyl (C=O) groups is 1. The molecule has 94 valence electrons. The summed E-state index contributed by atoms with van der Waals surface area (Å²) in [5.41, 5.74) is 2.13. The average Bonchev–Trinajstić information content (AvgIpc) is 2.44. The van der Waals surface area contributed by atoms with Crippen molar-refractivity contribution in [1.82, 2.24) is 4.98 Å². The second-order valence-electron chi connectivity index (χ2n) is 4.18. The van der Waals surface area contributed by atoms with E-state index in [4.69, 9.17) is 0 Å². The third-order valence-electron chi connectivity index (χ3n) is 2.85. The molecule has 0 fully saturated rings. The molecule has 0 N–H and O–H groups in total. The highest BCUT2D eigenvalue weighted by Gasteiger charge is 2.22. The van der Waals surface area contributed by atoms with Gasteiger partial charge in [-0.15, -0.1) is 0 Å². The van der Waals surface area contributed by atoms with Crippen LogP contribution in [-0.4, -0.2) is 10.8 Å². The molecule has 1 heterocycles. The zero-order valence-corrected chi connectivity index (χ0v) is 11.9. The summed E-state index contributed by atoms with van der Waals surface area (Å²) in [7, 11) is 0. The van der Waals surface area contributed by atoms with Crippen LogP contribution in [-0.2, 0) is 0 Å². The van der Waals surface area contributed by atoms with Crippen LogP contribution in [0.5, 0.6) is 0 Å². The van der Waals surface area contributed by atoms with Crippen molar-refractivity contribution < 1.29 is 4.79 Å². The smallest absolute Gasteiger partial charge is 0.184 e. The van der Waals surface area contributed by atoms with E-state index < -0.39 is 5.92 Å². The molecule has 1 atom stereocenters. The summed E-state index contributed by atoms with van der Waals surface area (Å²) in [5.74, 6) is -1.01. The fourth-order valence-corrected chi connectivity index (χ4v) is 2.04. The topological polar surface area (TPSA) is 53.8 Å². The Morgan fingerprint density at radius 2 is 2.21 bits per heavy atom. The predicted octanol–water partition coefficient (Wildman–Crippen LogP) is 3.64. The van der Waals surface area contributed by atoms with Gasteiger partial charge in [0.25, 0.3) is 0 Å². The second-order valence-corrected chi connectivity index (χ2v) is 5.03. The van der Waals surface area contributed by atoms with Crippen LogP contribution in [0.4, 0.5) is 0 Å². The van der Waals surface area contributed by atoms with Gasteiger partial charge in [0.15, 0.2) is 5.78 Å². The van der Waals surface area contributed by atoms with Crippen LogP contribution in [0.2, 0.25) is 0 Å². The van der Waals surface area contributed by atoms with Crippen molar-refractivity contribution in [2.45, 2.75) is 12.8 Å². The van der Waals surface area contributed by atoms with Gasteiger partial charge in [-0.25, -0.2) is 0 Å². The molecule has 3 nitrogen and oxygen atoms in total. The zero-order valence-electron chi connectivity index (χ0n) is 10.3. The van der Waals surface area contributed by atoms with Gasteiger partial charge in [-0.1, -0.05) is 28.1 Å². The number of aryl methyl sites for hydroxylation is 1. The van der Waals surface area contributed by atoms with E-state index in [0.29, 0.717) is 11.1 Å². The third-order valence-corrected chi connectivity index (χ3v) is 3.74. The van der Waals surface area contributed by atoms with Gasteiger partial charge < -0.3 is 0 Å². The number of rotatable bonds is 3. The van der Waals surface area contributed by atoms with Gasteiger partial charge >= 0.3 is 0 Å². The summed E-state index contributed by atoms with van der Waals surface area (Å²) in [6.45, 7) is 1.91. The first-order valence-corrected chi connectivity index (χ1v) is 6.52. The average molecular weight is 315 g/mol. The molecule has 0 saturated heterocycles. The van der Waals surface area contributed by atoms with Crippen molar-refractivity contribution in [3.63, 3.8) is 0 Å². The molecule has 1 unspecified atom stereocenters. The maximum atomic E-state index is 12.4. The molecule has 1 aromatic heterocycles. The molecule has 0 aliphatic rings. The summed E-state index contributed by atoms with van der Waals surface area (Å²) in [6, 6.07) is 10.8. The van der Waals surface area contributed by atoms with Gasteiger partial charge in [-0.2, -0.15) is 5.26 Å². The molecule has 0 spiro atoms. The molecule has 19 heavy (non-hydrogen) atoms. The van der Waals surface area contributed by atoms with Crippen molar-refractivity contribution >= 4 is 21.7 Å². The number of hydrogen-bond acceptors (Lipinski definition) is 3. The summed E-state index contributed by atoms with van der Waals surface area (Å²) < 4.78 is 0.943. The van der Waals surface area contributed by atoms with Crippen LogP contribution in [0.1, 0.15) is 27.4 Å². The normalized spacial score (nSPS) is 11.6. The van der Waals surface area contributed by atoms with E-state index in [1.165, 1.54) is 0 Å². The highest BCUT2D eigenvalue weighted by atomic mass is 79.9. The maximum Gasteiger partial charge on any atom is 0.184 e. The van der Waals surface area contributed by atoms with E-state index in [0.717, 1.165) is 10.0 Å². The van der Waals surface area contributed by atoms with Crippen molar-refractivity contribution in [3.8, 4) is 6.07 Å². The summed E-state index contributed by atoms with van der Waals surface area (Å²) in [6.07, 6.45) is 3.17. The molecule has 0 saturated carbocycles. The van der Waals surface area contributed by atoms with Crippen LogP contribution in [0, 0.1) is 18.3 Å². The van der Waals surface area contributed by atoms with Crippen molar-refractivity contribution in [1.29, 1.82) is 5.26 Å². The van der Waals surface area contributed by atoms with Gasteiger partial charge in [0.2, 0.25) is 0 Å². The zero-order chi connectivity index (χ0) is 13.8. The van der Waals surface area contributed by atoms with E-state index in [1.54, 1.807) is 36.7 Å². The first-order chi connectivity index (χ1) is 9.13. The van der Waals surface area contributed by atoms with Gasteiger partial charge in [0.05, 0.1) is 6.07 Å². The number of carbonyl (C=O) groups excluding carboxylic acids is 1. The number of nitrogens with zero attached hydrogens (tertiary/aromatic N) is 2. The Hall–Kier alpha value is -1.99. The highest BCUT2D eigenvalue weighted by Crippen LogP contribution is 2.23. The molecule has 0 radical (unpaired) electrons. The molecule has 0 amide bonds. The molecular weight excluding hydrogens is 304 g/mol. The van der Waals surface area contributed by atoms with Crippen LogP contribution in [0.3, 0.4) is 0 Å². The number of ketones is 1. The second kappa shape index (κ2) is 5.77. The maximum absolute atomic E-state index is 12.4. The molecule has 4 heteroatoms. The minimum Gasteiger partial charge on any atom is -0.292 e. The lowest BCUT2D eigenvalue weighted by Gasteiger charge is -2.09. The molecule has 0 bridgehead atoms. The quantitative estimate of drug-likeness (QED) is 0.813. The van der Waals surface area contributed by atoms with Gasteiger partial charge in [-0.3, -0.25) is 9.78 Å². The molecule has 2 rings (SSSR count). The lowest BCUT2D eigenvalue weighted by molar-refractivity contribution is 0.0978. The van der Waals surface area contributed by atoms with E-state index in [2.05, 4.69) is 20.9 Å². The van der Waals surface area contributed by atoms with E-state index in [9.17, 15) is 10.1 Å². The van der Waals surface area contributed by atoms with Crippen LogP contribution < -0.4 is 0 Å². The summed E-state index contributed by atoms with van der Waals surface area (Å²) in [4.78, 5) is 16.3. The van der Waals surface area contributed by atoms with Crippen molar-refractivity contribution in [2.75, 3.05) is 0 Å². The third kappa shape index (κ3) is 2.88. The molecule has 1 aromatic carbocycles. The summed E-state index contributed by atoms with van der Waals surface area (Å²) >= 11 is 3.39. The Labute approximate surface area is 120 Å². The number of nitriles is 1. The van der Waals surface area contributed by atoms with E-state index in [1.807, 2.05) is 19.1 Å². The van der Waals surface area contributed by atoms with Crippen molar-refractivity contribution in [2.24, 2.45) is 0 Å². The number of halogens is 1. The van der Waals surface area contributed by atoms with Gasteiger partial charge in [0.1, 0.15) is 5.92 Å². The Balaban J connectivity index is 2.37. The van der Waals surface area contributed by atoms with Crippen LogP contribution >= 0.6 is 15.9 Å². The molecule has 0 aliphatic carbocycles. The summed E-state index contributed by atoms with van der Waals surface area (Å²) in [5, 5.41) is 9.23. The Morgan fingerprint density at radius 1 is 1.42 bits per heavy atom. The number of aromatic nitrogens is 1. The Bertz CT molecular complexity index is 647. The standard InChI is InChI=1S/C15H11BrN2O/c1-10-7-11(4-5-14(10)16)15(19)13(8-17)12-3-2-6-18-9-12/h2-7,9,13H,1H3.